The third-order valence-corrected chi connectivity index (χ3v) is 2.14. The molecule has 0 radical (unpaired) electrons. The number of nitrogen functional groups attached to an aromatic ring is 1. The molecule has 0 aliphatic rings. The topological polar surface area (TPSA) is 64.3 Å². The van der Waals surface area contributed by atoms with E-state index >= 15 is 0 Å². The Balaban J connectivity index is 2.90. The summed E-state index contributed by atoms with van der Waals surface area (Å²) in [6.45, 7) is 0. The van der Waals surface area contributed by atoms with Gasteiger partial charge < -0.3 is 5.73 Å². The summed E-state index contributed by atoms with van der Waals surface area (Å²) in [7, 11) is 1.38. The van der Waals surface area contributed by atoms with E-state index in [9.17, 15) is 4.79 Å². The summed E-state index contributed by atoms with van der Waals surface area (Å²) in [6, 6.07) is 4.90. The van der Waals surface area contributed by atoms with Crippen molar-refractivity contribution in [3.63, 3.8) is 0 Å². The lowest BCUT2D eigenvalue weighted by Gasteiger charge is -2.03. The largest absolute Gasteiger partial charge is 0.398 e. The van der Waals surface area contributed by atoms with Gasteiger partial charge in [-0.15, -0.1) is 0 Å². The van der Waals surface area contributed by atoms with Gasteiger partial charge in [0.15, 0.2) is 0 Å². The van der Waals surface area contributed by atoms with Crippen molar-refractivity contribution in [2.75, 3.05) is 12.8 Å². The van der Waals surface area contributed by atoms with Crippen LogP contribution in [0, 0.1) is 0 Å². The Bertz CT molecular complexity index is 328. The van der Waals surface area contributed by atoms with Crippen LogP contribution in [0.5, 0.6) is 0 Å². The van der Waals surface area contributed by atoms with E-state index in [4.69, 9.17) is 5.73 Å². The molecule has 0 spiro atoms. The quantitative estimate of drug-likeness (QED) is 0.610. The van der Waals surface area contributed by atoms with Crippen LogP contribution in [0.15, 0.2) is 22.7 Å². The highest BCUT2D eigenvalue weighted by molar-refractivity contribution is 9.10. The molecule has 1 rings (SSSR count). The lowest BCUT2D eigenvalue weighted by atomic mass is 10.2. The number of anilines is 1. The van der Waals surface area contributed by atoms with Crippen molar-refractivity contribution in [2.45, 2.75) is 0 Å². The Morgan fingerprint density at radius 2 is 2.31 bits per heavy atom. The highest BCUT2D eigenvalue weighted by Gasteiger charge is 2.05. The van der Waals surface area contributed by atoms with E-state index in [2.05, 4.69) is 26.2 Å². The predicted molar refractivity (Wildman–Crippen MR) is 53.0 cm³/mol. The molecule has 4 nitrogen and oxygen atoms in total. The third kappa shape index (κ3) is 2.43. The number of amides is 1. The minimum Gasteiger partial charge on any atom is -0.398 e. The number of nitrogens with two attached hydrogens (primary N) is 1. The molecule has 1 amide bonds. The van der Waals surface area contributed by atoms with E-state index in [-0.39, 0.29) is 5.91 Å². The van der Waals surface area contributed by atoms with Crippen molar-refractivity contribution < 1.29 is 9.63 Å². The molecule has 0 aliphatic carbocycles. The fourth-order valence-electron chi connectivity index (χ4n) is 0.820. The molecule has 5 heteroatoms. The highest BCUT2D eigenvalue weighted by Crippen LogP contribution is 2.20. The van der Waals surface area contributed by atoms with Gasteiger partial charge in [0, 0.05) is 15.7 Å². The number of hydroxylamine groups is 1. The molecule has 0 saturated carbocycles. The molecule has 3 N–H and O–H groups in total. The minimum absolute atomic E-state index is 0.303. The van der Waals surface area contributed by atoms with E-state index in [1.807, 2.05) is 0 Å². The van der Waals surface area contributed by atoms with E-state index in [0.717, 1.165) is 0 Å². The van der Waals surface area contributed by atoms with Gasteiger partial charge in [-0.3, -0.25) is 9.63 Å². The van der Waals surface area contributed by atoms with Crippen LogP contribution in [-0.4, -0.2) is 13.0 Å². The summed E-state index contributed by atoms with van der Waals surface area (Å²) in [5, 5.41) is 0. The summed E-state index contributed by atoms with van der Waals surface area (Å²) in [4.78, 5) is 15.7. The first-order chi connectivity index (χ1) is 6.15. The molecule has 0 aliphatic heterocycles. The van der Waals surface area contributed by atoms with Crippen LogP contribution in [0.1, 0.15) is 10.4 Å². The van der Waals surface area contributed by atoms with E-state index in [0.29, 0.717) is 15.7 Å². The molecule has 0 fully saturated rings. The standard InChI is InChI=1S/C8H9BrN2O2/c1-13-11-8(12)5-2-3-7(10)6(9)4-5/h2-4H,10H2,1H3,(H,11,12). The first-order valence-corrected chi connectivity index (χ1v) is 4.33. The van der Waals surface area contributed by atoms with Gasteiger partial charge in [0.05, 0.1) is 7.11 Å². The Morgan fingerprint density at radius 3 is 2.85 bits per heavy atom. The number of benzene rings is 1. The maximum absolute atomic E-state index is 11.2. The second kappa shape index (κ2) is 4.25. The zero-order valence-corrected chi connectivity index (χ0v) is 8.59. The molecule has 13 heavy (non-hydrogen) atoms. The van der Waals surface area contributed by atoms with Gasteiger partial charge >= 0.3 is 0 Å². The number of hydrogen-bond acceptors (Lipinski definition) is 3. The molecule has 0 saturated heterocycles. The number of hydrogen-bond donors (Lipinski definition) is 2. The molecule has 0 unspecified atom stereocenters. The molecule has 1 aromatic rings. The van der Waals surface area contributed by atoms with Crippen LogP contribution in [0.25, 0.3) is 0 Å². The SMILES string of the molecule is CONC(=O)c1ccc(N)c(Br)c1. The van der Waals surface area contributed by atoms with Gasteiger partial charge in [0.25, 0.3) is 5.91 Å². The first-order valence-electron chi connectivity index (χ1n) is 3.53. The van der Waals surface area contributed by atoms with Gasteiger partial charge in [0.1, 0.15) is 0 Å². The fraction of sp³-hybridized carbons (Fsp3) is 0.125. The smallest absolute Gasteiger partial charge is 0.274 e. The Kier molecular flexibility index (Phi) is 3.27. The van der Waals surface area contributed by atoms with Gasteiger partial charge in [-0.1, -0.05) is 0 Å². The second-order valence-corrected chi connectivity index (χ2v) is 3.23. The van der Waals surface area contributed by atoms with Crippen LogP contribution in [0.4, 0.5) is 5.69 Å². The van der Waals surface area contributed by atoms with Crippen LogP contribution in [-0.2, 0) is 4.84 Å². The Labute approximate surface area is 84.1 Å². The summed E-state index contributed by atoms with van der Waals surface area (Å²) >= 11 is 3.22. The number of carbonyl (C=O) groups is 1. The van der Waals surface area contributed by atoms with Crippen molar-refractivity contribution in [3.05, 3.63) is 28.2 Å². The van der Waals surface area contributed by atoms with Crippen LogP contribution in [0.2, 0.25) is 0 Å². The Hall–Kier alpha value is -1.07. The number of carbonyl (C=O) groups excluding carboxylic acids is 1. The van der Waals surface area contributed by atoms with Crippen molar-refractivity contribution in [1.29, 1.82) is 0 Å². The summed E-state index contributed by atoms with van der Waals surface area (Å²) in [5.41, 5.74) is 8.84. The molecule has 0 atom stereocenters. The molecular formula is C8H9BrN2O2. The number of halogens is 1. The normalized spacial score (nSPS) is 9.69. The maximum atomic E-state index is 11.2. The van der Waals surface area contributed by atoms with Gasteiger partial charge in [0.2, 0.25) is 0 Å². The summed E-state index contributed by atoms with van der Waals surface area (Å²) in [6.07, 6.45) is 0. The van der Waals surface area contributed by atoms with E-state index < -0.39 is 0 Å². The third-order valence-electron chi connectivity index (χ3n) is 1.46. The zero-order valence-electron chi connectivity index (χ0n) is 7.00. The molecular weight excluding hydrogens is 236 g/mol. The fourth-order valence-corrected chi connectivity index (χ4v) is 1.20. The van der Waals surface area contributed by atoms with Crippen LogP contribution < -0.4 is 11.2 Å². The van der Waals surface area contributed by atoms with Crippen molar-refractivity contribution in [3.8, 4) is 0 Å². The van der Waals surface area contributed by atoms with Crippen LogP contribution >= 0.6 is 15.9 Å². The van der Waals surface area contributed by atoms with Crippen molar-refractivity contribution in [1.82, 2.24) is 5.48 Å². The monoisotopic (exact) mass is 244 g/mol. The van der Waals surface area contributed by atoms with Crippen LogP contribution in [0.3, 0.4) is 0 Å². The number of nitrogens with one attached hydrogen (secondary N) is 1. The Morgan fingerprint density at radius 1 is 1.62 bits per heavy atom. The minimum atomic E-state index is -0.303. The van der Waals surface area contributed by atoms with Crippen molar-refractivity contribution in [2.24, 2.45) is 0 Å². The number of rotatable bonds is 2. The molecule has 0 aromatic heterocycles. The zero-order chi connectivity index (χ0) is 9.84. The van der Waals surface area contributed by atoms with Gasteiger partial charge in [-0.2, -0.15) is 0 Å². The molecule has 70 valence electrons. The van der Waals surface area contributed by atoms with E-state index in [1.54, 1.807) is 18.2 Å². The van der Waals surface area contributed by atoms with E-state index in [1.165, 1.54) is 7.11 Å². The average Bonchev–Trinajstić information content (AvgIpc) is 2.10. The highest BCUT2D eigenvalue weighted by atomic mass is 79.9. The lowest BCUT2D eigenvalue weighted by Crippen LogP contribution is -2.21. The second-order valence-electron chi connectivity index (χ2n) is 2.37. The van der Waals surface area contributed by atoms with Gasteiger partial charge in [-0.05, 0) is 34.1 Å². The molecule has 1 aromatic carbocycles. The lowest BCUT2D eigenvalue weighted by molar-refractivity contribution is 0.0537. The maximum Gasteiger partial charge on any atom is 0.274 e. The summed E-state index contributed by atoms with van der Waals surface area (Å²) in [5.74, 6) is -0.303. The summed E-state index contributed by atoms with van der Waals surface area (Å²) < 4.78 is 0.691. The average molecular weight is 245 g/mol. The molecule has 0 heterocycles. The van der Waals surface area contributed by atoms with Crippen molar-refractivity contribution >= 4 is 27.5 Å². The van der Waals surface area contributed by atoms with Gasteiger partial charge in [-0.25, -0.2) is 5.48 Å². The predicted octanol–water partition coefficient (Wildman–Crippen LogP) is 1.32. The first kappa shape index (κ1) is 10.0. The molecule has 0 bridgehead atoms.